The number of hydrogen-bond donors (Lipinski definition) is 0. The second-order valence-electron chi connectivity index (χ2n) is 4.24. The fourth-order valence-corrected chi connectivity index (χ4v) is 1.96. The van der Waals surface area contributed by atoms with Gasteiger partial charge in [-0.2, -0.15) is 10.5 Å². The van der Waals surface area contributed by atoms with Gasteiger partial charge in [0.1, 0.15) is 0 Å². The minimum absolute atomic E-state index is 0.115. The molecule has 0 aromatic heterocycles. The molecule has 0 rings (SSSR count). The molecule has 4 heteroatoms. The molecule has 1 atom stereocenters. The van der Waals surface area contributed by atoms with Gasteiger partial charge >= 0.3 is 0 Å². The highest BCUT2D eigenvalue weighted by Gasteiger charge is 2.46. The lowest BCUT2D eigenvalue weighted by Gasteiger charge is -2.35. The first-order valence-electron chi connectivity index (χ1n) is 4.23. The Morgan fingerprint density at radius 1 is 1.38 bits per heavy atom. The second kappa shape index (κ2) is 3.89. The van der Waals surface area contributed by atoms with Crippen LogP contribution in [-0.4, -0.2) is 8.41 Å². The molecule has 0 fully saturated rings. The van der Waals surface area contributed by atoms with E-state index >= 15 is 0 Å². The van der Waals surface area contributed by atoms with Gasteiger partial charge in [0.05, 0.1) is 24.5 Å². The molecule has 0 aliphatic carbocycles. The topological polar surface area (TPSA) is 47.6 Å². The average Bonchev–Trinajstić information content (AvgIpc) is 1.97. The van der Waals surface area contributed by atoms with Gasteiger partial charge in [-0.15, -0.1) is 0 Å². The van der Waals surface area contributed by atoms with Crippen LogP contribution < -0.4 is 0 Å². The van der Waals surface area contributed by atoms with Gasteiger partial charge in [-0.1, -0.05) is 13.8 Å². The molecular weight excluding hydrogens is 183 g/mol. The molecule has 0 N–H and O–H groups in total. The minimum atomic E-state index is -2.88. The highest BCUT2D eigenvalue weighted by atomic mass is 28.4. The molecule has 0 aromatic carbocycles. The number of nitriles is 2. The molecule has 0 amide bonds. The minimum Gasteiger partial charge on any atom is -0.314 e. The van der Waals surface area contributed by atoms with Crippen LogP contribution >= 0.6 is 0 Å². The summed E-state index contributed by atoms with van der Waals surface area (Å²) >= 11 is 0. The van der Waals surface area contributed by atoms with Crippen molar-refractivity contribution >= 4 is 8.41 Å². The number of nitrogens with zero attached hydrogens (tertiary/aromatic N) is 2. The van der Waals surface area contributed by atoms with Crippen LogP contribution in [0.4, 0.5) is 4.11 Å². The molecular formula is C9H15FN2Si. The van der Waals surface area contributed by atoms with E-state index < -0.39 is 19.4 Å². The lowest BCUT2D eigenvalue weighted by atomic mass is 9.93. The Hall–Kier alpha value is -0.873. The summed E-state index contributed by atoms with van der Waals surface area (Å²) in [5.74, 6) is -0.496. The van der Waals surface area contributed by atoms with E-state index in [-0.39, 0.29) is 6.42 Å². The fourth-order valence-electron chi connectivity index (χ4n) is 0.968. The van der Waals surface area contributed by atoms with E-state index in [1.54, 1.807) is 26.9 Å². The predicted octanol–water partition coefficient (Wildman–Crippen LogP) is 2.99. The van der Waals surface area contributed by atoms with E-state index in [9.17, 15) is 4.11 Å². The van der Waals surface area contributed by atoms with Gasteiger partial charge < -0.3 is 4.11 Å². The van der Waals surface area contributed by atoms with Crippen LogP contribution in [0.5, 0.6) is 0 Å². The Morgan fingerprint density at radius 2 is 1.85 bits per heavy atom. The van der Waals surface area contributed by atoms with Crippen LogP contribution in [0.2, 0.25) is 18.1 Å². The van der Waals surface area contributed by atoms with Crippen molar-refractivity contribution in [2.45, 2.75) is 38.4 Å². The quantitative estimate of drug-likeness (QED) is 0.517. The largest absolute Gasteiger partial charge is 0.314 e. The van der Waals surface area contributed by atoms with E-state index in [2.05, 4.69) is 0 Å². The third-order valence-corrected chi connectivity index (χ3v) is 6.27. The van der Waals surface area contributed by atoms with Crippen molar-refractivity contribution in [3.63, 3.8) is 0 Å². The van der Waals surface area contributed by atoms with Crippen LogP contribution in [0.25, 0.3) is 0 Å². The summed E-state index contributed by atoms with van der Waals surface area (Å²) in [6.07, 6.45) is 0.115. The second-order valence-corrected chi connectivity index (χ2v) is 8.47. The molecule has 0 spiro atoms. The first-order chi connectivity index (χ1) is 5.77. The van der Waals surface area contributed by atoms with Gasteiger partial charge in [-0.3, -0.25) is 0 Å². The normalized spacial score (nSPS) is 14.4. The third-order valence-electron chi connectivity index (χ3n) is 2.85. The van der Waals surface area contributed by atoms with E-state index in [1.165, 1.54) is 0 Å². The van der Waals surface area contributed by atoms with E-state index in [1.807, 2.05) is 12.1 Å². The lowest BCUT2D eigenvalue weighted by Crippen LogP contribution is -2.39. The molecule has 0 saturated carbocycles. The van der Waals surface area contributed by atoms with Crippen LogP contribution in [0.3, 0.4) is 0 Å². The summed E-state index contributed by atoms with van der Waals surface area (Å²) in [5, 5.41) is 16.6. The highest BCUT2D eigenvalue weighted by Crippen LogP contribution is 2.46. The molecule has 1 unspecified atom stereocenters. The summed E-state index contributed by atoms with van der Waals surface area (Å²) in [6.45, 7) is 6.64. The van der Waals surface area contributed by atoms with Crippen molar-refractivity contribution in [2.24, 2.45) is 5.92 Å². The van der Waals surface area contributed by atoms with Gasteiger partial charge in [0.15, 0.2) is 0 Å². The summed E-state index contributed by atoms with van der Waals surface area (Å²) in [6, 6.07) is 3.95. The van der Waals surface area contributed by atoms with Crippen molar-refractivity contribution < 1.29 is 4.11 Å². The summed E-state index contributed by atoms with van der Waals surface area (Å²) < 4.78 is 13.8. The maximum absolute atomic E-state index is 13.8. The molecule has 0 aliphatic heterocycles. The molecule has 0 bridgehead atoms. The van der Waals surface area contributed by atoms with Gasteiger partial charge in [0.2, 0.25) is 8.41 Å². The van der Waals surface area contributed by atoms with Crippen LogP contribution in [0.15, 0.2) is 0 Å². The van der Waals surface area contributed by atoms with Crippen molar-refractivity contribution in [3.05, 3.63) is 0 Å². The molecule has 0 aromatic rings. The van der Waals surface area contributed by atoms with Crippen molar-refractivity contribution in [2.75, 3.05) is 0 Å². The van der Waals surface area contributed by atoms with Gasteiger partial charge in [0.25, 0.3) is 0 Å². The molecule has 2 nitrogen and oxygen atoms in total. The van der Waals surface area contributed by atoms with Crippen molar-refractivity contribution in [3.8, 4) is 12.1 Å². The van der Waals surface area contributed by atoms with E-state index in [0.717, 1.165) is 0 Å². The Kier molecular flexibility index (Phi) is 3.63. The van der Waals surface area contributed by atoms with Gasteiger partial charge in [0, 0.05) is 5.04 Å². The smallest absolute Gasteiger partial charge is 0.247 e. The molecule has 0 heterocycles. The Labute approximate surface area is 80.2 Å². The predicted molar refractivity (Wildman–Crippen MR) is 52.0 cm³/mol. The first-order valence-corrected chi connectivity index (χ1v) is 7.10. The molecule has 72 valence electrons. The fraction of sp³-hybridized carbons (Fsp3) is 0.778. The van der Waals surface area contributed by atoms with Crippen LogP contribution in [-0.2, 0) is 0 Å². The Morgan fingerprint density at radius 3 is 2.08 bits per heavy atom. The molecule has 0 saturated heterocycles. The summed E-state index contributed by atoms with van der Waals surface area (Å²) in [4.78, 5) is 0. The number of rotatable bonds is 3. The average molecular weight is 198 g/mol. The van der Waals surface area contributed by atoms with Crippen LogP contribution in [0, 0.1) is 28.6 Å². The van der Waals surface area contributed by atoms with Crippen molar-refractivity contribution in [1.29, 1.82) is 10.5 Å². The first kappa shape index (κ1) is 12.1. The van der Waals surface area contributed by atoms with E-state index in [4.69, 9.17) is 10.5 Å². The zero-order valence-corrected chi connectivity index (χ0v) is 9.56. The molecule has 0 aliphatic rings. The number of hydrogen-bond acceptors (Lipinski definition) is 2. The zero-order chi connectivity index (χ0) is 10.7. The number of halogens is 1. The van der Waals surface area contributed by atoms with Crippen LogP contribution in [0.1, 0.15) is 20.3 Å². The zero-order valence-electron chi connectivity index (χ0n) is 8.56. The standard InChI is InChI=1S/C9H15FN2Si/c1-9(2,13(3,4)10)8(7-12)5-6-11/h8H,5H2,1-4H3. The SMILES string of the molecule is CC(C)(C(C#N)CC#N)[Si](C)(C)F. The maximum Gasteiger partial charge on any atom is 0.247 e. The van der Waals surface area contributed by atoms with Gasteiger partial charge in [-0.25, -0.2) is 0 Å². The molecule has 0 radical (unpaired) electrons. The summed E-state index contributed by atoms with van der Waals surface area (Å²) in [5.41, 5.74) is 0. The maximum atomic E-state index is 13.8. The lowest BCUT2D eigenvalue weighted by molar-refractivity contribution is 0.454. The van der Waals surface area contributed by atoms with E-state index in [0.29, 0.717) is 0 Å². The van der Waals surface area contributed by atoms with Gasteiger partial charge in [-0.05, 0) is 13.1 Å². The van der Waals surface area contributed by atoms with Crippen molar-refractivity contribution in [1.82, 2.24) is 0 Å². The molecule has 13 heavy (non-hydrogen) atoms. The Bertz CT molecular complexity index is 254. The third kappa shape index (κ3) is 2.53. The highest BCUT2D eigenvalue weighted by molar-refractivity contribution is 6.73. The monoisotopic (exact) mass is 198 g/mol. The Balaban J connectivity index is 4.83. The summed E-state index contributed by atoms with van der Waals surface area (Å²) in [7, 11) is -2.88.